The van der Waals surface area contributed by atoms with E-state index in [4.69, 9.17) is 11.6 Å². The van der Waals surface area contributed by atoms with Gasteiger partial charge in [0.15, 0.2) is 0 Å². The predicted octanol–water partition coefficient (Wildman–Crippen LogP) is 4.05. The first kappa shape index (κ1) is 19.9. The Hall–Kier alpha value is -1.85. The molecular weight excluding hydrogens is 364 g/mol. The number of halogens is 1. The van der Waals surface area contributed by atoms with Crippen molar-refractivity contribution >= 4 is 28.3 Å². The number of benzene rings is 1. The number of amides is 1. The largest absolute Gasteiger partial charge is 0.388 e. The van der Waals surface area contributed by atoms with Crippen LogP contribution in [0.4, 0.5) is 0 Å². The Kier molecular flexibility index (Phi) is 5.92. The van der Waals surface area contributed by atoms with Gasteiger partial charge in [0, 0.05) is 29.6 Å². The number of carbonyl (C=O) groups is 1. The van der Waals surface area contributed by atoms with Crippen LogP contribution in [0.3, 0.4) is 0 Å². The Morgan fingerprint density at radius 1 is 1.19 bits per heavy atom. The monoisotopic (exact) mass is 390 g/mol. The zero-order valence-corrected chi connectivity index (χ0v) is 16.7. The van der Waals surface area contributed by atoms with Gasteiger partial charge in [-0.15, -0.1) is 0 Å². The number of hydrogen-bond acceptors (Lipinski definition) is 3. The Labute approximate surface area is 164 Å². The maximum atomic E-state index is 12.9. The lowest BCUT2D eigenvalue weighted by molar-refractivity contribution is 0.0247. The summed E-state index contributed by atoms with van der Waals surface area (Å²) in [6.07, 6.45) is 7.25. The van der Waals surface area contributed by atoms with Crippen LogP contribution in [0, 0.1) is 0 Å². The first-order valence-electron chi connectivity index (χ1n) is 9.66. The lowest BCUT2D eigenvalue weighted by atomic mass is 9.94. The molecule has 146 valence electrons. The number of aromatic nitrogens is 1. The van der Waals surface area contributed by atoms with Gasteiger partial charge in [-0.25, -0.2) is 0 Å². The van der Waals surface area contributed by atoms with Crippen LogP contribution in [0.1, 0.15) is 68.8 Å². The fraction of sp³-hybridized carbons (Fsp3) is 0.524. The summed E-state index contributed by atoms with van der Waals surface area (Å²) in [6, 6.07) is 5.04. The smallest absolute Gasteiger partial charge is 0.258 e. The van der Waals surface area contributed by atoms with Gasteiger partial charge in [0.05, 0.1) is 16.2 Å². The third kappa shape index (κ3) is 4.19. The molecule has 0 aliphatic heterocycles. The highest BCUT2D eigenvalue weighted by atomic mass is 35.5. The standard InChI is InChI=1S/C21H27ClN2O3/c1-14(2)24-12-9-15-16(20(24)26)7-8-17(22)18(15)19(25)23-13-21(27)10-5-3-4-6-11-21/h7-9,12,14,27H,3-6,10-11,13H2,1-2H3,(H,23,25). The van der Waals surface area contributed by atoms with Gasteiger partial charge in [-0.2, -0.15) is 0 Å². The van der Waals surface area contributed by atoms with E-state index in [0.717, 1.165) is 25.7 Å². The number of rotatable bonds is 4. The van der Waals surface area contributed by atoms with Gasteiger partial charge in [0.2, 0.25) is 0 Å². The van der Waals surface area contributed by atoms with Gasteiger partial charge in [-0.05, 0) is 44.9 Å². The first-order valence-corrected chi connectivity index (χ1v) is 10.0. The van der Waals surface area contributed by atoms with Crippen LogP contribution in [0.25, 0.3) is 10.8 Å². The SMILES string of the molecule is CC(C)n1ccc2c(C(=O)NCC3(O)CCCCCC3)c(Cl)ccc2c1=O. The highest BCUT2D eigenvalue weighted by molar-refractivity contribution is 6.35. The van der Waals surface area contributed by atoms with Crippen molar-refractivity contribution in [1.29, 1.82) is 0 Å². The number of carbonyl (C=O) groups excluding carboxylic acids is 1. The van der Waals surface area contributed by atoms with Crippen molar-refractivity contribution in [2.75, 3.05) is 6.54 Å². The normalized spacial score (nSPS) is 17.1. The molecule has 5 nitrogen and oxygen atoms in total. The summed E-state index contributed by atoms with van der Waals surface area (Å²) in [4.78, 5) is 25.6. The molecular formula is C21H27ClN2O3. The number of fused-ring (bicyclic) bond motifs is 1. The van der Waals surface area contributed by atoms with Gasteiger partial charge in [-0.1, -0.05) is 37.3 Å². The van der Waals surface area contributed by atoms with Crippen LogP contribution in [0.5, 0.6) is 0 Å². The molecule has 1 saturated carbocycles. The number of aliphatic hydroxyl groups is 1. The third-order valence-electron chi connectivity index (χ3n) is 5.46. The Balaban J connectivity index is 1.91. The van der Waals surface area contributed by atoms with E-state index in [1.165, 1.54) is 0 Å². The Morgan fingerprint density at radius 2 is 1.85 bits per heavy atom. The summed E-state index contributed by atoms with van der Waals surface area (Å²) in [7, 11) is 0. The Bertz CT molecular complexity index is 896. The van der Waals surface area contributed by atoms with Gasteiger partial charge >= 0.3 is 0 Å². The lowest BCUT2D eigenvalue weighted by Crippen LogP contribution is -2.42. The molecule has 1 aliphatic carbocycles. The fourth-order valence-corrected chi connectivity index (χ4v) is 4.10. The third-order valence-corrected chi connectivity index (χ3v) is 5.77. The molecule has 6 heteroatoms. The highest BCUT2D eigenvalue weighted by Gasteiger charge is 2.29. The van der Waals surface area contributed by atoms with E-state index in [2.05, 4.69) is 5.32 Å². The molecule has 1 heterocycles. The van der Waals surface area contributed by atoms with Crippen molar-refractivity contribution in [3.63, 3.8) is 0 Å². The quantitative estimate of drug-likeness (QED) is 0.773. The molecule has 1 aromatic carbocycles. The molecule has 0 bridgehead atoms. The van der Waals surface area contributed by atoms with E-state index >= 15 is 0 Å². The highest BCUT2D eigenvalue weighted by Crippen LogP contribution is 2.28. The minimum atomic E-state index is -0.867. The molecule has 1 aromatic heterocycles. The average molecular weight is 391 g/mol. The van der Waals surface area contributed by atoms with Gasteiger partial charge in [-0.3, -0.25) is 9.59 Å². The van der Waals surface area contributed by atoms with Crippen molar-refractivity contribution in [2.24, 2.45) is 0 Å². The summed E-state index contributed by atoms with van der Waals surface area (Å²) >= 11 is 6.30. The number of hydrogen-bond donors (Lipinski definition) is 2. The van der Waals surface area contributed by atoms with Crippen LogP contribution in [-0.2, 0) is 0 Å². The molecule has 2 aromatic rings. The van der Waals surface area contributed by atoms with Gasteiger partial charge in [0.1, 0.15) is 0 Å². The van der Waals surface area contributed by atoms with Crippen molar-refractivity contribution in [1.82, 2.24) is 9.88 Å². The zero-order chi connectivity index (χ0) is 19.6. The van der Waals surface area contributed by atoms with E-state index in [0.29, 0.717) is 34.2 Å². The number of nitrogens with zero attached hydrogens (tertiary/aromatic N) is 1. The summed E-state index contributed by atoms with van der Waals surface area (Å²) in [6.45, 7) is 4.07. The second kappa shape index (κ2) is 8.03. The molecule has 1 fully saturated rings. The van der Waals surface area contributed by atoms with Crippen molar-refractivity contribution in [3.8, 4) is 0 Å². The molecule has 27 heavy (non-hydrogen) atoms. The van der Waals surface area contributed by atoms with E-state index < -0.39 is 5.60 Å². The zero-order valence-electron chi connectivity index (χ0n) is 15.9. The molecule has 2 N–H and O–H groups in total. The minimum absolute atomic E-state index is 0.0272. The van der Waals surface area contributed by atoms with E-state index in [1.807, 2.05) is 13.8 Å². The summed E-state index contributed by atoms with van der Waals surface area (Å²) in [5, 5.41) is 14.9. The van der Waals surface area contributed by atoms with Crippen molar-refractivity contribution in [3.05, 3.63) is 45.3 Å². The van der Waals surface area contributed by atoms with Gasteiger partial charge in [0.25, 0.3) is 11.5 Å². The van der Waals surface area contributed by atoms with Crippen molar-refractivity contribution in [2.45, 2.75) is 64.0 Å². The second-order valence-electron chi connectivity index (χ2n) is 7.83. The molecule has 3 rings (SSSR count). The summed E-state index contributed by atoms with van der Waals surface area (Å²) in [5.74, 6) is -0.357. The summed E-state index contributed by atoms with van der Waals surface area (Å²) in [5.41, 5.74) is -0.719. The maximum Gasteiger partial charge on any atom is 0.258 e. The molecule has 1 amide bonds. The van der Waals surface area contributed by atoms with Crippen LogP contribution in [-0.4, -0.2) is 27.7 Å². The first-order chi connectivity index (χ1) is 12.8. The molecule has 0 atom stereocenters. The lowest BCUT2D eigenvalue weighted by Gasteiger charge is -2.27. The number of nitrogens with one attached hydrogen (secondary N) is 1. The summed E-state index contributed by atoms with van der Waals surface area (Å²) < 4.78 is 1.63. The van der Waals surface area contributed by atoms with E-state index in [9.17, 15) is 14.7 Å². The van der Waals surface area contributed by atoms with Crippen LogP contribution >= 0.6 is 11.6 Å². The molecule has 0 spiro atoms. The molecule has 1 aliphatic rings. The predicted molar refractivity (Wildman–Crippen MR) is 109 cm³/mol. The van der Waals surface area contributed by atoms with Crippen LogP contribution in [0.15, 0.2) is 29.2 Å². The Morgan fingerprint density at radius 3 is 2.48 bits per heavy atom. The average Bonchev–Trinajstić information content (AvgIpc) is 2.84. The molecule has 0 unspecified atom stereocenters. The maximum absolute atomic E-state index is 12.9. The minimum Gasteiger partial charge on any atom is -0.388 e. The second-order valence-corrected chi connectivity index (χ2v) is 8.23. The topological polar surface area (TPSA) is 71.3 Å². The van der Waals surface area contributed by atoms with Crippen LogP contribution in [0.2, 0.25) is 5.02 Å². The van der Waals surface area contributed by atoms with Gasteiger partial charge < -0.3 is 15.0 Å². The molecule has 0 saturated heterocycles. The van der Waals surface area contributed by atoms with E-state index in [-0.39, 0.29) is 24.1 Å². The molecule has 0 radical (unpaired) electrons. The van der Waals surface area contributed by atoms with Crippen molar-refractivity contribution < 1.29 is 9.90 Å². The number of pyridine rings is 1. The fourth-order valence-electron chi connectivity index (χ4n) is 3.85. The van der Waals surface area contributed by atoms with E-state index in [1.54, 1.807) is 29.0 Å². The van der Waals surface area contributed by atoms with Crippen LogP contribution < -0.4 is 10.9 Å².